The van der Waals surface area contributed by atoms with Crippen LogP contribution in [0.25, 0.3) is 0 Å². The highest BCUT2D eigenvalue weighted by Gasteiger charge is 2.23. The van der Waals surface area contributed by atoms with Crippen molar-refractivity contribution in [2.24, 2.45) is 0 Å². The van der Waals surface area contributed by atoms with Crippen LogP contribution in [0.3, 0.4) is 0 Å². The molecule has 0 fully saturated rings. The Bertz CT molecular complexity index is 656. The molecule has 1 atom stereocenters. The van der Waals surface area contributed by atoms with Gasteiger partial charge in [0.1, 0.15) is 0 Å². The smallest absolute Gasteiger partial charge is 0.194 e. The SMILES string of the molecule is CCNC(c1ccc(F)c(F)c1F)c1ncc(C)cc1C. The molecular weight excluding hydrogens is 277 g/mol. The first kappa shape index (κ1) is 15.5. The van der Waals surface area contributed by atoms with E-state index < -0.39 is 23.5 Å². The molecule has 0 radical (unpaired) electrons. The van der Waals surface area contributed by atoms with E-state index in [1.54, 1.807) is 6.20 Å². The average molecular weight is 294 g/mol. The molecule has 0 saturated heterocycles. The number of nitrogens with one attached hydrogen (secondary N) is 1. The molecule has 2 rings (SSSR count). The first-order valence-corrected chi connectivity index (χ1v) is 6.75. The van der Waals surface area contributed by atoms with Gasteiger partial charge in [-0.25, -0.2) is 13.2 Å². The number of aromatic nitrogens is 1. The lowest BCUT2D eigenvalue weighted by atomic mass is 9.98. The molecule has 1 heterocycles. The number of halogens is 3. The molecule has 112 valence electrons. The van der Waals surface area contributed by atoms with Gasteiger partial charge in [-0.1, -0.05) is 19.1 Å². The molecule has 0 amide bonds. The summed E-state index contributed by atoms with van der Waals surface area (Å²) in [6.07, 6.45) is 1.67. The molecule has 1 aromatic heterocycles. The van der Waals surface area contributed by atoms with E-state index in [1.165, 1.54) is 6.07 Å². The fourth-order valence-electron chi connectivity index (χ4n) is 2.35. The standard InChI is InChI=1S/C16H17F3N2/c1-4-20-16(15-10(3)7-9(2)8-21-15)11-5-6-12(17)14(19)13(11)18/h5-8,16,20H,4H2,1-3H3. The van der Waals surface area contributed by atoms with Crippen LogP contribution in [0, 0.1) is 31.3 Å². The van der Waals surface area contributed by atoms with E-state index in [1.807, 2.05) is 26.8 Å². The quantitative estimate of drug-likeness (QED) is 0.867. The number of aryl methyl sites for hydroxylation is 2. The third kappa shape index (κ3) is 3.08. The minimum atomic E-state index is -1.46. The van der Waals surface area contributed by atoms with Crippen LogP contribution in [-0.4, -0.2) is 11.5 Å². The molecule has 5 heteroatoms. The highest BCUT2D eigenvalue weighted by Crippen LogP contribution is 2.27. The number of rotatable bonds is 4. The Balaban J connectivity index is 2.56. The maximum Gasteiger partial charge on any atom is 0.194 e. The molecule has 1 N–H and O–H groups in total. The summed E-state index contributed by atoms with van der Waals surface area (Å²) < 4.78 is 40.6. The van der Waals surface area contributed by atoms with Gasteiger partial charge in [-0.3, -0.25) is 4.98 Å². The largest absolute Gasteiger partial charge is 0.305 e. The van der Waals surface area contributed by atoms with Crippen LogP contribution < -0.4 is 5.32 Å². The lowest BCUT2D eigenvalue weighted by Crippen LogP contribution is -2.25. The number of hydrogen-bond donors (Lipinski definition) is 1. The summed E-state index contributed by atoms with van der Waals surface area (Å²) in [5, 5.41) is 3.07. The Morgan fingerprint density at radius 2 is 1.86 bits per heavy atom. The van der Waals surface area contributed by atoms with Crippen molar-refractivity contribution in [3.05, 3.63) is 64.2 Å². The monoisotopic (exact) mass is 294 g/mol. The Kier molecular flexibility index (Phi) is 4.63. The Labute approximate surface area is 122 Å². The summed E-state index contributed by atoms with van der Waals surface area (Å²) >= 11 is 0. The molecule has 21 heavy (non-hydrogen) atoms. The maximum absolute atomic E-state index is 14.0. The molecule has 2 aromatic rings. The zero-order chi connectivity index (χ0) is 15.6. The molecular formula is C16H17F3N2. The molecule has 0 saturated carbocycles. The summed E-state index contributed by atoms with van der Waals surface area (Å²) in [6.45, 7) is 6.16. The first-order valence-electron chi connectivity index (χ1n) is 6.75. The van der Waals surface area contributed by atoms with Crippen molar-refractivity contribution in [2.45, 2.75) is 26.8 Å². The van der Waals surface area contributed by atoms with E-state index in [0.29, 0.717) is 12.2 Å². The Morgan fingerprint density at radius 3 is 2.48 bits per heavy atom. The van der Waals surface area contributed by atoms with Crippen LogP contribution in [0.5, 0.6) is 0 Å². The second-order valence-electron chi connectivity index (χ2n) is 4.97. The zero-order valence-corrected chi connectivity index (χ0v) is 12.2. The Morgan fingerprint density at radius 1 is 1.14 bits per heavy atom. The normalized spacial score (nSPS) is 12.5. The summed E-state index contributed by atoms with van der Waals surface area (Å²) in [7, 11) is 0. The second kappa shape index (κ2) is 6.26. The molecule has 0 aliphatic rings. The lowest BCUT2D eigenvalue weighted by molar-refractivity contribution is 0.432. The van der Waals surface area contributed by atoms with Crippen LogP contribution in [0.1, 0.15) is 35.3 Å². The summed E-state index contributed by atoms with van der Waals surface area (Å²) in [4.78, 5) is 4.32. The van der Waals surface area contributed by atoms with Gasteiger partial charge in [0.15, 0.2) is 17.5 Å². The Hall–Kier alpha value is -1.88. The minimum Gasteiger partial charge on any atom is -0.305 e. The predicted octanol–water partition coefficient (Wildman–Crippen LogP) is 3.81. The van der Waals surface area contributed by atoms with Crippen LogP contribution in [0.2, 0.25) is 0 Å². The van der Waals surface area contributed by atoms with E-state index >= 15 is 0 Å². The molecule has 1 unspecified atom stereocenters. The molecule has 0 bridgehead atoms. The fraction of sp³-hybridized carbons (Fsp3) is 0.312. The third-order valence-corrected chi connectivity index (χ3v) is 3.31. The molecule has 0 aliphatic carbocycles. The van der Waals surface area contributed by atoms with Crippen molar-refractivity contribution in [2.75, 3.05) is 6.54 Å². The van der Waals surface area contributed by atoms with Crippen molar-refractivity contribution >= 4 is 0 Å². The van der Waals surface area contributed by atoms with E-state index in [0.717, 1.165) is 17.2 Å². The van der Waals surface area contributed by atoms with Gasteiger partial charge < -0.3 is 5.32 Å². The second-order valence-corrected chi connectivity index (χ2v) is 4.97. The molecule has 0 aliphatic heterocycles. The first-order chi connectivity index (χ1) is 9.95. The van der Waals surface area contributed by atoms with Gasteiger partial charge in [0, 0.05) is 11.8 Å². The molecule has 1 aromatic carbocycles. The van der Waals surface area contributed by atoms with Gasteiger partial charge in [-0.05, 0) is 37.6 Å². The summed E-state index contributed by atoms with van der Waals surface area (Å²) in [5.74, 6) is -3.83. The van der Waals surface area contributed by atoms with Crippen molar-refractivity contribution in [3.63, 3.8) is 0 Å². The molecule has 0 spiro atoms. The van der Waals surface area contributed by atoms with Crippen LogP contribution in [-0.2, 0) is 0 Å². The number of hydrogen-bond acceptors (Lipinski definition) is 2. The van der Waals surface area contributed by atoms with Crippen molar-refractivity contribution in [1.82, 2.24) is 10.3 Å². The van der Waals surface area contributed by atoms with Gasteiger partial charge in [0.05, 0.1) is 11.7 Å². The van der Waals surface area contributed by atoms with E-state index in [4.69, 9.17) is 0 Å². The van der Waals surface area contributed by atoms with Crippen LogP contribution in [0.15, 0.2) is 24.4 Å². The van der Waals surface area contributed by atoms with Crippen molar-refractivity contribution < 1.29 is 13.2 Å². The number of benzene rings is 1. The fourth-order valence-corrected chi connectivity index (χ4v) is 2.35. The minimum absolute atomic E-state index is 0.0511. The van der Waals surface area contributed by atoms with Crippen LogP contribution in [0.4, 0.5) is 13.2 Å². The van der Waals surface area contributed by atoms with E-state index in [2.05, 4.69) is 10.3 Å². The van der Waals surface area contributed by atoms with E-state index in [-0.39, 0.29) is 5.56 Å². The van der Waals surface area contributed by atoms with Crippen molar-refractivity contribution in [3.8, 4) is 0 Å². The van der Waals surface area contributed by atoms with Gasteiger partial charge >= 0.3 is 0 Å². The van der Waals surface area contributed by atoms with Gasteiger partial charge in [-0.2, -0.15) is 0 Å². The van der Waals surface area contributed by atoms with Crippen molar-refractivity contribution in [1.29, 1.82) is 0 Å². The number of nitrogens with zero attached hydrogens (tertiary/aromatic N) is 1. The topological polar surface area (TPSA) is 24.9 Å². The maximum atomic E-state index is 14.0. The zero-order valence-electron chi connectivity index (χ0n) is 12.2. The molecule has 2 nitrogen and oxygen atoms in total. The highest BCUT2D eigenvalue weighted by atomic mass is 19.2. The predicted molar refractivity (Wildman–Crippen MR) is 75.5 cm³/mol. The van der Waals surface area contributed by atoms with E-state index in [9.17, 15) is 13.2 Å². The van der Waals surface area contributed by atoms with Gasteiger partial charge in [0.25, 0.3) is 0 Å². The third-order valence-electron chi connectivity index (χ3n) is 3.31. The van der Waals surface area contributed by atoms with Gasteiger partial charge in [-0.15, -0.1) is 0 Å². The lowest BCUT2D eigenvalue weighted by Gasteiger charge is -2.21. The summed E-state index contributed by atoms with van der Waals surface area (Å²) in [6, 6.07) is 3.49. The highest BCUT2D eigenvalue weighted by molar-refractivity contribution is 5.35. The average Bonchev–Trinajstić information content (AvgIpc) is 2.44. The van der Waals surface area contributed by atoms with Gasteiger partial charge in [0.2, 0.25) is 0 Å². The summed E-state index contributed by atoms with van der Waals surface area (Å²) in [5.41, 5.74) is 2.50. The number of pyridine rings is 1. The van der Waals surface area contributed by atoms with Crippen LogP contribution >= 0.6 is 0 Å².